The highest BCUT2D eigenvalue weighted by molar-refractivity contribution is 5.21. The van der Waals surface area contributed by atoms with Crippen molar-refractivity contribution in [2.75, 3.05) is 0 Å². The van der Waals surface area contributed by atoms with Gasteiger partial charge in [0.15, 0.2) is 0 Å². The zero-order chi connectivity index (χ0) is 12.1. The van der Waals surface area contributed by atoms with Crippen LogP contribution in [0.5, 0.6) is 0 Å². The van der Waals surface area contributed by atoms with Gasteiger partial charge in [-0.05, 0) is 16.4 Å². The lowest BCUT2D eigenvalue weighted by atomic mass is 9.87. The summed E-state index contributed by atoms with van der Waals surface area (Å²) >= 11 is 0. The summed E-state index contributed by atoms with van der Waals surface area (Å²) in [6.45, 7) is 15.4. The van der Waals surface area contributed by atoms with Gasteiger partial charge in [0, 0.05) is 0 Å². The molecule has 0 nitrogen and oxygen atoms in total. The fourth-order valence-corrected chi connectivity index (χ4v) is 0.938. The van der Waals surface area contributed by atoms with E-state index in [0.717, 1.165) is 0 Å². The first kappa shape index (κ1) is 14.2. The van der Waals surface area contributed by atoms with Crippen molar-refractivity contribution in [3.8, 4) is 0 Å². The third-order valence-electron chi connectivity index (χ3n) is 1.64. The molecule has 86 valence electrons. The molecule has 0 radical (unpaired) electrons. The molecule has 1 aromatic carbocycles. The Morgan fingerprint density at radius 2 is 1.00 bits per heavy atom. The summed E-state index contributed by atoms with van der Waals surface area (Å²) in [6, 6.07) is 10.6. The second-order valence-electron chi connectivity index (χ2n) is 6.62. The number of benzene rings is 1. The van der Waals surface area contributed by atoms with E-state index in [-0.39, 0.29) is 0 Å². The number of rotatable bonds is 0. The molecule has 0 aliphatic carbocycles. The fourth-order valence-electron chi connectivity index (χ4n) is 0.938. The summed E-state index contributed by atoms with van der Waals surface area (Å²) in [7, 11) is 0. The SMILES string of the molecule is CC(C)(C)C.CC(C)(C)c1ccccc1. The average Bonchev–Trinajstić information content (AvgIpc) is 2.01. The molecule has 0 amide bonds. The molecule has 1 rings (SSSR count). The van der Waals surface area contributed by atoms with Gasteiger partial charge in [0.05, 0.1) is 0 Å². The third-order valence-corrected chi connectivity index (χ3v) is 1.64. The molecule has 0 fully saturated rings. The quantitative estimate of drug-likeness (QED) is 0.558. The predicted octanol–water partition coefficient (Wildman–Crippen LogP) is 5.04. The molecule has 0 atom stereocenters. The zero-order valence-electron chi connectivity index (χ0n) is 11.4. The van der Waals surface area contributed by atoms with Crippen molar-refractivity contribution in [1.29, 1.82) is 0 Å². The van der Waals surface area contributed by atoms with Crippen LogP contribution in [-0.4, -0.2) is 0 Å². The summed E-state index contributed by atoms with van der Waals surface area (Å²) in [4.78, 5) is 0. The monoisotopic (exact) mass is 206 g/mol. The molecule has 1 aromatic rings. The summed E-state index contributed by atoms with van der Waals surface area (Å²) in [6.07, 6.45) is 0. The molecule has 0 unspecified atom stereocenters. The minimum absolute atomic E-state index is 0.293. The maximum atomic E-state index is 2.22. The van der Waals surface area contributed by atoms with Crippen molar-refractivity contribution in [1.82, 2.24) is 0 Å². The van der Waals surface area contributed by atoms with E-state index in [9.17, 15) is 0 Å². The predicted molar refractivity (Wildman–Crippen MR) is 70.3 cm³/mol. The number of hydrogen-bond acceptors (Lipinski definition) is 0. The van der Waals surface area contributed by atoms with Crippen LogP contribution in [0.2, 0.25) is 0 Å². The summed E-state index contributed by atoms with van der Waals surface area (Å²) in [5.41, 5.74) is 2.19. The molecule has 0 aromatic heterocycles. The standard InChI is InChI=1S/C10H14.C5H12/c1-10(2,3)9-7-5-4-6-8-9;1-5(2,3)4/h4-8H,1-3H3;1-4H3. The van der Waals surface area contributed by atoms with Gasteiger partial charge in [-0.15, -0.1) is 0 Å². The van der Waals surface area contributed by atoms with Gasteiger partial charge in [-0.25, -0.2) is 0 Å². The highest BCUT2D eigenvalue weighted by Gasteiger charge is 2.11. The molecule has 0 heteroatoms. The van der Waals surface area contributed by atoms with Crippen LogP contribution < -0.4 is 0 Å². The van der Waals surface area contributed by atoms with Crippen molar-refractivity contribution in [2.45, 2.75) is 53.9 Å². The van der Waals surface area contributed by atoms with Crippen molar-refractivity contribution >= 4 is 0 Å². The van der Waals surface area contributed by atoms with Gasteiger partial charge in [-0.3, -0.25) is 0 Å². The van der Waals surface area contributed by atoms with E-state index in [1.165, 1.54) is 5.56 Å². The Morgan fingerprint density at radius 1 is 0.667 bits per heavy atom. The Hall–Kier alpha value is -0.780. The minimum Gasteiger partial charge on any atom is -0.0622 e. The molecule has 0 saturated heterocycles. The normalized spacial score (nSPS) is 11.7. The second-order valence-corrected chi connectivity index (χ2v) is 6.62. The first-order valence-electron chi connectivity index (χ1n) is 5.66. The Labute approximate surface area is 95.7 Å². The van der Waals surface area contributed by atoms with E-state index >= 15 is 0 Å². The Bertz CT molecular complexity index is 250. The van der Waals surface area contributed by atoms with E-state index in [2.05, 4.69) is 78.8 Å². The Morgan fingerprint density at radius 3 is 1.20 bits per heavy atom. The van der Waals surface area contributed by atoms with E-state index in [4.69, 9.17) is 0 Å². The maximum absolute atomic E-state index is 2.22. The molecular formula is C15H26. The van der Waals surface area contributed by atoms with Crippen LogP contribution in [0, 0.1) is 5.41 Å². The van der Waals surface area contributed by atoms with Crippen molar-refractivity contribution in [3.05, 3.63) is 35.9 Å². The van der Waals surface area contributed by atoms with Gasteiger partial charge in [-0.1, -0.05) is 78.8 Å². The maximum Gasteiger partial charge on any atom is -0.0132 e. The highest BCUT2D eigenvalue weighted by atomic mass is 14.2. The van der Waals surface area contributed by atoms with Crippen molar-refractivity contribution in [2.24, 2.45) is 5.41 Å². The van der Waals surface area contributed by atoms with Gasteiger partial charge >= 0.3 is 0 Å². The topological polar surface area (TPSA) is 0 Å². The van der Waals surface area contributed by atoms with Crippen LogP contribution >= 0.6 is 0 Å². The smallest absolute Gasteiger partial charge is 0.0132 e. The van der Waals surface area contributed by atoms with Crippen LogP contribution in [0.3, 0.4) is 0 Å². The van der Waals surface area contributed by atoms with Gasteiger partial charge < -0.3 is 0 Å². The van der Waals surface area contributed by atoms with Crippen LogP contribution in [-0.2, 0) is 5.41 Å². The van der Waals surface area contributed by atoms with E-state index in [1.807, 2.05) is 0 Å². The lowest BCUT2D eigenvalue weighted by Gasteiger charge is -2.18. The van der Waals surface area contributed by atoms with E-state index in [1.54, 1.807) is 0 Å². The van der Waals surface area contributed by atoms with Crippen LogP contribution in [0.15, 0.2) is 30.3 Å². The average molecular weight is 206 g/mol. The largest absolute Gasteiger partial charge is 0.0622 e. The third kappa shape index (κ3) is 9.52. The molecule has 0 bridgehead atoms. The lowest BCUT2D eigenvalue weighted by Crippen LogP contribution is -2.10. The Balaban J connectivity index is 0.000000336. The molecule has 0 aliphatic rings. The van der Waals surface area contributed by atoms with E-state index in [0.29, 0.717) is 10.8 Å². The zero-order valence-corrected chi connectivity index (χ0v) is 11.4. The van der Waals surface area contributed by atoms with Crippen LogP contribution in [0.25, 0.3) is 0 Å². The number of hydrogen-bond donors (Lipinski definition) is 0. The summed E-state index contributed by atoms with van der Waals surface area (Å²) < 4.78 is 0. The van der Waals surface area contributed by atoms with Crippen LogP contribution in [0.4, 0.5) is 0 Å². The second kappa shape index (κ2) is 5.34. The molecule has 15 heavy (non-hydrogen) atoms. The lowest BCUT2D eigenvalue weighted by molar-refractivity contribution is 0.469. The van der Waals surface area contributed by atoms with Gasteiger partial charge in [0.25, 0.3) is 0 Å². The molecule has 0 aliphatic heterocycles. The first-order valence-corrected chi connectivity index (χ1v) is 5.66. The molecule has 0 spiro atoms. The Kier molecular flexibility index (Phi) is 5.07. The van der Waals surface area contributed by atoms with Crippen LogP contribution in [0.1, 0.15) is 54.0 Å². The van der Waals surface area contributed by atoms with Crippen molar-refractivity contribution < 1.29 is 0 Å². The summed E-state index contributed by atoms with van der Waals surface area (Å²) in [5, 5.41) is 0. The molecular weight excluding hydrogens is 180 g/mol. The summed E-state index contributed by atoms with van der Waals surface area (Å²) in [5.74, 6) is 0. The molecule has 0 saturated carbocycles. The van der Waals surface area contributed by atoms with Gasteiger partial charge in [-0.2, -0.15) is 0 Å². The fraction of sp³-hybridized carbons (Fsp3) is 0.600. The van der Waals surface area contributed by atoms with E-state index < -0.39 is 0 Å². The minimum atomic E-state index is 0.293. The van der Waals surface area contributed by atoms with Gasteiger partial charge in [0.1, 0.15) is 0 Å². The highest BCUT2D eigenvalue weighted by Crippen LogP contribution is 2.20. The first-order chi connectivity index (χ1) is 6.61. The van der Waals surface area contributed by atoms with Crippen molar-refractivity contribution in [3.63, 3.8) is 0 Å². The molecule has 0 N–H and O–H groups in total. The molecule has 0 heterocycles. The van der Waals surface area contributed by atoms with Gasteiger partial charge in [0.2, 0.25) is 0 Å².